The number of rotatable bonds is 2. The molecule has 1 N–H and O–H groups in total. The number of piperazine rings is 1. The van der Waals surface area contributed by atoms with Crippen molar-refractivity contribution < 1.29 is 9.90 Å². The highest BCUT2D eigenvalue weighted by Crippen LogP contribution is 2.38. The smallest absolute Gasteiger partial charge is 0.227 e. The zero-order valence-electron chi connectivity index (χ0n) is 13.7. The first kappa shape index (κ1) is 15.1. The first-order valence-electron chi connectivity index (χ1n) is 8.51. The molecule has 1 amide bonds. The fourth-order valence-corrected chi connectivity index (χ4v) is 4.72. The van der Waals surface area contributed by atoms with E-state index in [4.69, 9.17) is 0 Å². The van der Waals surface area contributed by atoms with Gasteiger partial charge in [-0.05, 0) is 19.0 Å². The zero-order chi connectivity index (χ0) is 16.0. The SMILES string of the molecule is CN1CC2(C1)CN(C(=O)Cc1ccccc1)C[C@@H]1C[C@@H](O)CN12. The second-order valence-electron chi connectivity index (χ2n) is 7.53. The van der Waals surface area contributed by atoms with Crippen LogP contribution in [0.25, 0.3) is 0 Å². The average Bonchev–Trinajstić information content (AvgIpc) is 2.87. The summed E-state index contributed by atoms with van der Waals surface area (Å²) < 4.78 is 0. The lowest BCUT2D eigenvalue weighted by Gasteiger charge is -2.60. The van der Waals surface area contributed by atoms with E-state index in [0.29, 0.717) is 12.5 Å². The Balaban J connectivity index is 1.50. The van der Waals surface area contributed by atoms with Crippen molar-refractivity contribution in [2.45, 2.75) is 30.5 Å². The van der Waals surface area contributed by atoms with Crippen LogP contribution in [-0.4, -0.2) is 83.2 Å². The van der Waals surface area contributed by atoms with Gasteiger partial charge in [-0.25, -0.2) is 0 Å². The Bertz CT molecular complexity index is 585. The molecule has 0 aliphatic carbocycles. The summed E-state index contributed by atoms with van der Waals surface area (Å²) in [7, 11) is 2.12. The third kappa shape index (κ3) is 2.67. The lowest BCUT2D eigenvalue weighted by atomic mass is 9.84. The molecule has 3 heterocycles. The molecule has 0 saturated carbocycles. The van der Waals surface area contributed by atoms with Crippen molar-refractivity contribution in [3.8, 4) is 0 Å². The maximum absolute atomic E-state index is 12.8. The van der Waals surface area contributed by atoms with E-state index in [1.54, 1.807) is 0 Å². The molecule has 1 aromatic carbocycles. The van der Waals surface area contributed by atoms with E-state index in [0.717, 1.165) is 44.7 Å². The van der Waals surface area contributed by atoms with E-state index >= 15 is 0 Å². The summed E-state index contributed by atoms with van der Waals surface area (Å²) in [4.78, 5) is 19.6. The first-order chi connectivity index (χ1) is 11.1. The molecule has 124 valence electrons. The van der Waals surface area contributed by atoms with Gasteiger partial charge in [-0.15, -0.1) is 0 Å². The Morgan fingerprint density at radius 2 is 1.96 bits per heavy atom. The Hall–Kier alpha value is -1.43. The minimum Gasteiger partial charge on any atom is -0.392 e. The number of fused-ring (bicyclic) bond motifs is 2. The van der Waals surface area contributed by atoms with Gasteiger partial charge in [-0.3, -0.25) is 9.69 Å². The Morgan fingerprint density at radius 1 is 1.22 bits per heavy atom. The molecular weight excluding hydrogens is 290 g/mol. The largest absolute Gasteiger partial charge is 0.392 e. The van der Waals surface area contributed by atoms with Crippen molar-refractivity contribution in [2.24, 2.45) is 0 Å². The normalized spacial score (nSPS) is 30.3. The van der Waals surface area contributed by atoms with E-state index in [9.17, 15) is 9.90 Å². The van der Waals surface area contributed by atoms with E-state index in [-0.39, 0.29) is 17.6 Å². The summed E-state index contributed by atoms with van der Waals surface area (Å²) in [6.07, 6.45) is 1.02. The molecule has 0 bridgehead atoms. The monoisotopic (exact) mass is 315 g/mol. The van der Waals surface area contributed by atoms with Crippen LogP contribution in [0.3, 0.4) is 0 Å². The van der Waals surface area contributed by atoms with Gasteiger partial charge in [0, 0.05) is 38.8 Å². The topological polar surface area (TPSA) is 47.0 Å². The summed E-state index contributed by atoms with van der Waals surface area (Å²) in [5.74, 6) is 0.214. The average molecular weight is 315 g/mol. The van der Waals surface area contributed by atoms with Gasteiger partial charge in [-0.2, -0.15) is 0 Å². The standard InChI is InChI=1S/C18H25N3O2/c1-19-11-18(12-19)13-20(9-15-8-16(22)10-21(15)18)17(23)7-14-5-3-2-4-6-14/h2-6,15-16,22H,7-13H2,1H3/t15-,16+/m0/s1. The van der Waals surface area contributed by atoms with Crippen molar-refractivity contribution in [3.05, 3.63) is 35.9 Å². The molecule has 0 aromatic heterocycles. The summed E-state index contributed by atoms with van der Waals surface area (Å²) in [5, 5.41) is 10.1. The minimum absolute atomic E-state index is 0.0570. The number of likely N-dealkylation sites (tertiary alicyclic amines) is 1. The molecule has 5 nitrogen and oxygen atoms in total. The summed E-state index contributed by atoms with van der Waals surface area (Å²) >= 11 is 0. The third-order valence-corrected chi connectivity index (χ3v) is 5.60. The van der Waals surface area contributed by atoms with Gasteiger partial charge in [0.15, 0.2) is 0 Å². The van der Waals surface area contributed by atoms with Gasteiger partial charge in [-0.1, -0.05) is 30.3 Å². The lowest BCUT2D eigenvalue weighted by molar-refractivity contribution is -0.147. The van der Waals surface area contributed by atoms with Gasteiger partial charge >= 0.3 is 0 Å². The van der Waals surface area contributed by atoms with Crippen LogP contribution in [0, 0.1) is 0 Å². The van der Waals surface area contributed by atoms with Crippen LogP contribution >= 0.6 is 0 Å². The molecule has 5 heteroatoms. The predicted molar refractivity (Wildman–Crippen MR) is 88.1 cm³/mol. The number of nitrogens with zero attached hydrogens (tertiary/aromatic N) is 3. The fourth-order valence-electron chi connectivity index (χ4n) is 4.72. The van der Waals surface area contributed by atoms with Crippen molar-refractivity contribution in [1.29, 1.82) is 0 Å². The quantitative estimate of drug-likeness (QED) is 0.846. The maximum Gasteiger partial charge on any atom is 0.227 e. The molecule has 3 fully saturated rings. The van der Waals surface area contributed by atoms with Gasteiger partial charge in [0.1, 0.15) is 0 Å². The number of hydrogen-bond donors (Lipinski definition) is 1. The highest BCUT2D eigenvalue weighted by Gasteiger charge is 2.55. The van der Waals surface area contributed by atoms with Crippen molar-refractivity contribution in [1.82, 2.24) is 14.7 Å². The summed E-state index contributed by atoms with van der Waals surface area (Å²) in [6, 6.07) is 10.3. The minimum atomic E-state index is -0.244. The molecule has 0 unspecified atom stereocenters. The number of likely N-dealkylation sites (N-methyl/N-ethyl adjacent to an activating group) is 1. The van der Waals surface area contributed by atoms with Crippen LogP contribution in [0.4, 0.5) is 0 Å². The van der Waals surface area contributed by atoms with Crippen LogP contribution in [0.5, 0.6) is 0 Å². The molecule has 23 heavy (non-hydrogen) atoms. The van der Waals surface area contributed by atoms with Crippen molar-refractivity contribution in [2.75, 3.05) is 39.8 Å². The number of β-amino-alcohol motifs (C(OH)–C–C–N with tert-alkyl or cyclic N) is 1. The van der Waals surface area contributed by atoms with E-state index in [2.05, 4.69) is 16.8 Å². The molecule has 3 aliphatic heterocycles. The summed E-state index contributed by atoms with van der Waals surface area (Å²) in [6.45, 7) is 4.30. The molecule has 1 aromatic rings. The lowest BCUT2D eigenvalue weighted by Crippen LogP contribution is -2.77. The van der Waals surface area contributed by atoms with Gasteiger partial charge in [0.25, 0.3) is 0 Å². The van der Waals surface area contributed by atoms with Crippen LogP contribution in [0.15, 0.2) is 30.3 Å². The number of amides is 1. The second-order valence-corrected chi connectivity index (χ2v) is 7.53. The molecule has 3 saturated heterocycles. The van der Waals surface area contributed by atoms with Crippen LogP contribution in [0.2, 0.25) is 0 Å². The predicted octanol–water partition coefficient (Wildman–Crippen LogP) is 0.191. The van der Waals surface area contributed by atoms with Crippen LogP contribution < -0.4 is 0 Å². The Labute approximate surface area is 137 Å². The van der Waals surface area contributed by atoms with Crippen LogP contribution in [0.1, 0.15) is 12.0 Å². The zero-order valence-corrected chi connectivity index (χ0v) is 13.7. The molecular formula is C18H25N3O2. The highest BCUT2D eigenvalue weighted by molar-refractivity contribution is 5.79. The number of benzene rings is 1. The molecule has 4 rings (SSSR count). The fraction of sp³-hybridized carbons (Fsp3) is 0.611. The molecule has 2 atom stereocenters. The maximum atomic E-state index is 12.8. The van der Waals surface area contributed by atoms with E-state index < -0.39 is 0 Å². The number of aliphatic hydroxyl groups is 1. The molecule has 0 radical (unpaired) electrons. The third-order valence-electron chi connectivity index (χ3n) is 5.60. The van der Waals surface area contributed by atoms with E-state index in [1.807, 2.05) is 35.2 Å². The van der Waals surface area contributed by atoms with Crippen LogP contribution in [-0.2, 0) is 11.2 Å². The molecule has 1 spiro atoms. The van der Waals surface area contributed by atoms with Crippen molar-refractivity contribution >= 4 is 5.91 Å². The first-order valence-corrected chi connectivity index (χ1v) is 8.51. The number of hydrogen-bond acceptors (Lipinski definition) is 4. The number of carbonyl (C=O) groups is 1. The second kappa shape index (κ2) is 5.58. The van der Waals surface area contributed by atoms with E-state index in [1.165, 1.54) is 0 Å². The number of aliphatic hydroxyl groups excluding tert-OH is 1. The Kier molecular flexibility index (Phi) is 3.67. The van der Waals surface area contributed by atoms with Gasteiger partial charge in [0.2, 0.25) is 5.91 Å². The Morgan fingerprint density at radius 3 is 2.65 bits per heavy atom. The van der Waals surface area contributed by atoms with Crippen molar-refractivity contribution in [3.63, 3.8) is 0 Å². The summed E-state index contributed by atoms with van der Waals surface area (Å²) in [5.41, 5.74) is 1.13. The highest BCUT2D eigenvalue weighted by atomic mass is 16.3. The van der Waals surface area contributed by atoms with Gasteiger partial charge in [0.05, 0.1) is 18.1 Å². The van der Waals surface area contributed by atoms with Gasteiger partial charge < -0.3 is 14.9 Å². The molecule has 3 aliphatic rings. The number of carbonyl (C=O) groups excluding carboxylic acids is 1.